The molecule has 1 saturated heterocycles. The van der Waals surface area contributed by atoms with Crippen LogP contribution >= 0.6 is 0 Å². The summed E-state index contributed by atoms with van der Waals surface area (Å²) in [6.45, 7) is 7.81. The van der Waals surface area contributed by atoms with Crippen molar-refractivity contribution in [3.05, 3.63) is 35.4 Å². The number of hydrogen-bond acceptors (Lipinski definition) is 7. The smallest absolute Gasteiger partial charge is 0.249 e. The Kier molecular flexibility index (Phi) is 14.5. The minimum Gasteiger partial charge on any atom is -0.372 e. The first-order valence-corrected chi connectivity index (χ1v) is 15.0. The number of rotatable bonds is 18. The average molecular weight is 586 g/mol. The molecule has 1 aromatic carbocycles. The van der Waals surface area contributed by atoms with Crippen molar-refractivity contribution in [2.45, 2.75) is 91.1 Å². The summed E-state index contributed by atoms with van der Waals surface area (Å²) in [7, 11) is 1.51. The molecule has 232 valence electrons. The summed E-state index contributed by atoms with van der Waals surface area (Å²) in [6, 6.07) is 5.90. The molecule has 42 heavy (non-hydrogen) atoms. The Morgan fingerprint density at radius 3 is 2.29 bits per heavy atom. The SMILES string of the molecule is CNC(=O)CCC(=O)[C@H](CC(C)C)NC(=O)[C@@H]1CCCN1C(=O)COCCCC(=O)[C@@H](C)Cc1ccc(C(C)=O)cc1. The second-order valence-corrected chi connectivity index (χ2v) is 11.6. The van der Waals surface area contributed by atoms with Crippen LogP contribution in [0, 0.1) is 11.8 Å². The largest absolute Gasteiger partial charge is 0.372 e. The number of benzene rings is 1. The van der Waals surface area contributed by atoms with Crippen LogP contribution in [0.1, 0.15) is 88.6 Å². The van der Waals surface area contributed by atoms with Gasteiger partial charge in [0.1, 0.15) is 18.4 Å². The maximum atomic E-state index is 13.1. The Bertz CT molecular complexity index is 1100. The number of ketones is 3. The van der Waals surface area contributed by atoms with E-state index in [9.17, 15) is 28.8 Å². The lowest BCUT2D eigenvalue weighted by atomic mass is 9.94. The van der Waals surface area contributed by atoms with E-state index in [1.807, 2.05) is 32.9 Å². The third-order valence-electron chi connectivity index (χ3n) is 7.55. The van der Waals surface area contributed by atoms with E-state index in [-0.39, 0.29) is 73.0 Å². The molecule has 3 atom stereocenters. The van der Waals surface area contributed by atoms with Gasteiger partial charge in [0.05, 0.1) is 6.04 Å². The predicted octanol–water partition coefficient (Wildman–Crippen LogP) is 3.05. The molecule has 0 aliphatic carbocycles. The van der Waals surface area contributed by atoms with Crippen molar-refractivity contribution < 1.29 is 33.5 Å². The molecule has 2 N–H and O–H groups in total. The highest BCUT2D eigenvalue weighted by atomic mass is 16.5. The molecule has 0 bridgehead atoms. The standard InChI is InChI=1S/C32H47N3O7/c1-21(2)18-26(29(38)14-15-30(39)33-5)34-32(41)27-8-6-16-35(27)31(40)20-42-17-7-9-28(37)22(3)19-24-10-12-25(13-11-24)23(4)36/h10-13,21-22,26-27H,6-9,14-20H2,1-5H3,(H,33,39)(H,34,41)/t22-,26-,27-/m0/s1. The Morgan fingerprint density at radius 1 is 0.976 bits per heavy atom. The maximum absolute atomic E-state index is 13.1. The third-order valence-corrected chi connectivity index (χ3v) is 7.55. The van der Waals surface area contributed by atoms with Gasteiger partial charge in [-0.1, -0.05) is 45.0 Å². The zero-order chi connectivity index (χ0) is 31.2. The summed E-state index contributed by atoms with van der Waals surface area (Å²) in [4.78, 5) is 75.8. The van der Waals surface area contributed by atoms with Crippen molar-refractivity contribution in [2.75, 3.05) is 26.8 Å². The van der Waals surface area contributed by atoms with Crippen LogP contribution < -0.4 is 10.6 Å². The van der Waals surface area contributed by atoms with Crippen molar-refractivity contribution in [3.63, 3.8) is 0 Å². The summed E-state index contributed by atoms with van der Waals surface area (Å²) in [5.74, 6) is -1.00. The van der Waals surface area contributed by atoms with Crippen LogP contribution in [0.4, 0.5) is 0 Å². The summed E-state index contributed by atoms with van der Waals surface area (Å²) < 4.78 is 5.56. The van der Waals surface area contributed by atoms with Crippen molar-refractivity contribution in [1.82, 2.24) is 15.5 Å². The monoisotopic (exact) mass is 585 g/mol. The first-order chi connectivity index (χ1) is 19.9. The fourth-order valence-electron chi connectivity index (χ4n) is 5.06. The molecule has 1 heterocycles. The molecule has 2 rings (SSSR count). The molecule has 1 aromatic rings. The molecule has 0 unspecified atom stereocenters. The lowest BCUT2D eigenvalue weighted by Gasteiger charge is -2.27. The second-order valence-electron chi connectivity index (χ2n) is 11.6. The van der Waals surface area contributed by atoms with E-state index in [0.29, 0.717) is 50.6 Å². The Labute approximate surface area is 249 Å². The van der Waals surface area contributed by atoms with Crippen molar-refractivity contribution in [1.29, 1.82) is 0 Å². The van der Waals surface area contributed by atoms with Gasteiger partial charge in [-0.3, -0.25) is 28.8 Å². The van der Waals surface area contributed by atoms with E-state index >= 15 is 0 Å². The average Bonchev–Trinajstić information content (AvgIpc) is 3.45. The van der Waals surface area contributed by atoms with Crippen molar-refractivity contribution in [2.24, 2.45) is 11.8 Å². The van der Waals surface area contributed by atoms with Crippen molar-refractivity contribution >= 4 is 35.1 Å². The molecule has 10 heteroatoms. The van der Waals surface area contributed by atoms with E-state index in [1.54, 1.807) is 12.1 Å². The maximum Gasteiger partial charge on any atom is 0.249 e. The summed E-state index contributed by atoms with van der Waals surface area (Å²) in [5, 5.41) is 5.33. The molecule has 0 saturated carbocycles. The number of ether oxygens (including phenoxy) is 1. The van der Waals surface area contributed by atoms with Gasteiger partial charge in [0.15, 0.2) is 11.6 Å². The van der Waals surface area contributed by atoms with Crippen LogP contribution in [0.15, 0.2) is 24.3 Å². The molecule has 10 nitrogen and oxygen atoms in total. The zero-order valence-corrected chi connectivity index (χ0v) is 25.7. The summed E-state index contributed by atoms with van der Waals surface area (Å²) >= 11 is 0. The summed E-state index contributed by atoms with van der Waals surface area (Å²) in [6.07, 6.45) is 3.13. The summed E-state index contributed by atoms with van der Waals surface area (Å²) in [5.41, 5.74) is 1.64. The molecular weight excluding hydrogens is 538 g/mol. The lowest BCUT2D eigenvalue weighted by molar-refractivity contribution is -0.142. The fourth-order valence-corrected chi connectivity index (χ4v) is 5.06. The number of carbonyl (C=O) groups is 6. The van der Waals surface area contributed by atoms with Gasteiger partial charge in [-0.15, -0.1) is 0 Å². The van der Waals surface area contributed by atoms with E-state index in [4.69, 9.17) is 4.74 Å². The highest BCUT2D eigenvalue weighted by Gasteiger charge is 2.35. The van der Waals surface area contributed by atoms with E-state index in [0.717, 1.165) is 5.56 Å². The highest BCUT2D eigenvalue weighted by molar-refractivity contribution is 5.95. The molecular formula is C32H47N3O7. The Hall–Kier alpha value is -3.40. The van der Waals surface area contributed by atoms with Gasteiger partial charge >= 0.3 is 0 Å². The molecule has 1 aliphatic heterocycles. The van der Waals surface area contributed by atoms with Gasteiger partial charge in [-0.2, -0.15) is 0 Å². The van der Waals surface area contributed by atoms with E-state index in [1.165, 1.54) is 18.9 Å². The highest BCUT2D eigenvalue weighted by Crippen LogP contribution is 2.19. The molecule has 0 radical (unpaired) electrons. The van der Waals surface area contributed by atoms with Crippen LogP contribution in [0.3, 0.4) is 0 Å². The van der Waals surface area contributed by atoms with Crippen LogP contribution in [0.25, 0.3) is 0 Å². The molecule has 1 fully saturated rings. The van der Waals surface area contributed by atoms with E-state index in [2.05, 4.69) is 10.6 Å². The Balaban J connectivity index is 1.77. The van der Waals surface area contributed by atoms with Gasteiger partial charge in [0.25, 0.3) is 0 Å². The molecule has 0 spiro atoms. The topological polar surface area (TPSA) is 139 Å². The van der Waals surface area contributed by atoms with Crippen LogP contribution in [-0.2, 0) is 35.1 Å². The third kappa shape index (κ3) is 11.5. The van der Waals surface area contributed by atoms with Crippen molar-refractivity contribution in [3.8, 4) is 0 Å². The molecule has 3 amide bonds. The van der Waals surface area contributed by atoms with Crippen LogP contribution in [-0.4, -0.2) is 78.9 Å². The van der Waals surface area contributed by atoms with Crippen LogP contribution in [0.2, 0.25) is 0 Å². The number of nitrogens with zero attached hydrogens (tertiary/aromatic N) is 1. The second kappa shape index (κ2) is 17.5. The van der Waals surface area contributed by atoms with Crippen LogP contribution in [0.5, 0.6) is 0 Å². The number of nitrogens with one attached hydrogen (secondary N) is 2. The minimum absolute atomic E-state index is 0.00499. The normalized spacial score (nSPS) is 16.1. The molecule has 1 aliphatic rings. The number of amides is 3. The zero-order valence-electron chi connectivity index (χ0n) is 25.7. The van der Waals surface area contributed by atoms with Gasteiger partial charge in [-0.05, 0) is 50.5 Å². The quantitative estimate of drug-likeness (QED) is 0.199. The fraction of sp³-hybridized carbons (Fsp3) is 0.625. The number of Topliss-reactive ketones (excluding diaryl/α,β-unsaturated/α-hetero) is 3. The number of hydrogen-bond donors (Lipinski definition) is 2. The van der Waals surface area contributed by atoms with Gasteiger partial charge < -0.3 is 20.3 Å². The predicted molar refractivity (Wildman–Crippen MR) is 159 cm³/mol. The first kappa shape index (κ1) is 34.8. The van der Waals surface area contributed by atoms with Gasteiger partial charge in [-0.25, -0.2) is 0 Å². The van der Waals surface area contributed by atoms with Gasteiger partial charge in [0, 0.05) is 50.9 Å². The Morgan fingerprint density at radius 2 is 1.67 bits per heavy atom. The number of likely N-dealkylation sites (tertiary alicyclic amines) is 1. The molecule has 0 aromatic heterocycles. The lowest BCUT2D eigenvalue weighted by Crippen LogP contribution is -2.51. The minimum atomic E-state index is -0.712. The van der Waals surface area contributed by atoms with E-state index < -0.39 is 12.1 Å². The first-order valence-electron chi connectivity index (χ1n) is 15.0. The van der Waals surface area contributed by atoms with Gasteiger partial charge in [0.2, 0.25) is 17.7 Å². The number of carbonyl (C=O) groups excluding carboxylic acids is 6.